The predicted octanol–water partition coefficient (Wildman–Crippen LogP) is 1.13. The maximum Gasteiger partial charge on any atom is 0.328 e. The zero-order valence-electron chi connectivity index (χ0n) is 10.1. The first-order valence-corrected chi connectivity index (χ1v) is 7.63. The van der Waals surface area contributed by atoms with E-state index >= 15 is 0 Å². The molecule has 0 fully saturated rings. The molecule has 6 nitrogen and oxygen atoms in total. The van der Waals surface area contributed by atoms with Crippen molar-refractivity contribution in [2.75, 3.05) is 12.8 Å². The van der Waals surface area contributed by atoms with Gasteiger partial charge in [0.25, 0.3) is 0 Å². The number of nitriles is 1. The molecule has 0 bridgehead atoms. The highest BCUT2D eigenvalue weighted by Gasteiger charge is 2.17. The first kappa shape index (κ1) is 15.4. The highest BCUT2D eigenvalue weighted by molar-refractivity contribution is 7.89. The van der Waals surface area contributed by atoms with Gasteiger partial charge in [-0.05, 0) is 23.1 Å². The summed E-state index contributed by atoms with van der Waals surface area (Å²) in [7, 11) is -2.16. The second kappa shape index (κ2) is 6.47. The van der Waals surface area contributed by atoms with Gasteiger partial charge in [-0.1, -0.05) is 0 Å². The quantitative estimate of drug-likeness (QED) is 0.794. The molecule has 1 N–H and O–H groups in total. The van der Waals surface area contributed by atoms with Crippen LogP contribution in [-0.2, 0) is 21.4 Å². The van der Waals surface area contributed by atoms with Crippen LogP contribution in [0.25, 0.3) is 6.08 Å². The predicted molar refractivity (Wildman–Crippen MR) is 71.9 cm³/mol. The van der Waals surface area contributed by atoms with Crippen molar-refractivity contribution in [3.63, 3.8) is 0 Å². The third kappa shape index (κ3) is 4.82. The third-order valence-electron chi connectivity index (χ3n) is 2.19. The van der Waals surface area contributed by atoms with Gasteiger partial charge in [0.05, 0.1) is 6.07 Å². The van der Waals surface area contributed by atoms with Gasteiger partial charge in [-0.3, -0.25) is 0 Å². The van der Waals surface area contributed by atoms with Gasteiger partial charge in [0.1, 0.15) is 0 Å². The van der Waals surface area contributed by atoms with Gasteiger partial charge in [-0.15, -0.1) is 11.3 Å². The fraction of sp³-hybridized carbons (Fsp3) is 0.273. The monoisotopic (exact) mass is 300 g/mol. The van der Waals surface area contributed by atoms with Crippen LogP contribution in [0.15, 0.2) is 17.5 Å². The molecule has 1 rings (SSSR count). The second-order valence-electron chi connectivity index (χ2n) is 3.70. The Balaban J connectivity index is 2.74. The van der Waals surface area contributed by atoms with Crippen molar-refractivity contribution in [3.05, 3.63) is 28.0 Å². The molecule has 1 aromatic heterocycles. The summed E-state index contributed by atoms with van der Waals surface area (Å²) in [6.07, 6.45) is 2.46. The van der Waals surface area contributed by atoms with Gasteiger partial charge in [0.2, 0.25) is 10.0 Å². The molecule has 0 aliphatic carbocycles. The van der Waals surface area contributed by atoms with Crippen molar-refractivity contribution in [1.82, 2.24) is 4.31 Å². The maximum absolute atomic E-state index is 11.6. The van der Waals surface area contributed by atoms with Crippen molar-refractivity contribution in [2.24, 2.45) is 0 Å². The molecule has 0 amide bonds. The van der Waals surface area contributed by atoms with Gasteiger partial charge < -0.3 is 5.11 Å². The molecule has 0 radical (unpaired) electrons. The maximum atomic E-state index is 11.6. The van der Waals surface area contributed by atoms with Gasteiger partial charge in [0, 0.05) is 24.5 Å². The smallest absolute Gasteiger partial charge is 0.328 e. The van der Waals surface area contributed by atoms with Gasteiger partial charge in [-0.2, -0.15) is 9.57 Å². The van der Waals surface area contributed by atoms with E-state index in [1.807, 2.05) is 0 Å². The lowest BCUT2D eigenvalue weighted by Crippen LogP contribution is -2.28. The Morgan fingerprint density at radius 2 is 2.32 bits per heavy atom. The lowest BCUT2D eigenvalue weighted by molar-refractivity contribution is -0.131. The molecule has 0 aliphatic heterocycles. The summed E-state index contributed by atoms with van der Waals surface area (Å²) in [6.45, 7) is 0.154. The molecule has 0 saturated carbocycles. The topological polar surface area (TPSA) is 98.5 Å². The lowest BCUT2D eigenvalue weighted by Gasteiger charge is -2.13. The Labute approximate surface area is 115 Å². The molecule has 0 spiro atoms. The molecule has 0 unspecified atom stereocenters. The Hall–Kier alpha value is -1.69. The zero-order chi connectivity index (χ0) is 14.5. The third-order valence-corrected chi connectivity index (χ3v) is 4.71. The number of carbonyl (C=O) groups is 1. The van der Waals surface area contributed by atoms with E-state index in [0.717, 1.165) is 20.8 Å². The van der Waals surface area contributed by atoms with Crippen molar-refractivity contribution in [3.8, 4) is 6.07 Å². The van der Waals surface area contributed by atoms with Crippen LogP contribution in [0.1, 0.15) is 10.4 Å². The molecule has 1 heterocycles. The Morgan fingerprint density at radius 3 is 2.89 bits per heavy atom. The minimum absolute atomic E-state index is 0.154. The first-order valence-electron chi connectivity index (χ1n) is 5.14. The van der Waals surface area contributed by atoms with Crippen LogP contribution in [0.3, 0.4) is 0 Å². The van der Waals surface area contributed by atoms with Crippen LogP contribution in [0.2, 0.25) is 0 Å². The summed E-state index contributed by atoms with van der Waals surface area (Å²) in [6, 6.07) is 3.32. The average molecular weight is 300 g/mol. The second-order valence-corrected chi connectivity index (χ2v) is 6.72. The van der Waals surface area contributed by atoms with Crippen LogP contribution >= 0.6 is 11.3 Å². The number of aliphatic carboxylic acids is 1. The van der Waals surface area contributed by atoms with Crippen molar-refractivity contribution < 1.29 is 18.3 Å². The van der Waals surface area contributed by atoms with Crippen LogP contribution in [0.5, 0.6) is 0 Å². The number of carboxylic acids is 1. The molecule has 8 heteroatoms. The summed E-state index contributed by atoms with van der Waals surface area (Å²) >= 11 is 1.32. The summed E-state index contributed by atoms with van der Waals surface area (Å²) in [5, 5.41) is 18.7. The SMILES string of the molecule is CN(Cc1csc(C=CC(=O)O)c1)S(=O)(=O)CC#N. The van der Waals surface area contributed by atoms with Gasteiger partial charge in [-0.25, -0.2) is 13.2 Å². The standard InChI is InChI=1S/C11H12N2O4S2/c1-13(19(16,17)5-4-12)7-9-6-10(18-8-9)2-3-11(14)15/h2-3,6,8H,5,7H2,1H3,(H,14,15). The highest BCUT2D eigenvalue weighted by Crippen LogP contribution is 2.18. The molecular weight excluding hydrogens is 288 g/mol. The highest BCUT2D eigenvalue weighted by atomic mass is 32.2. The zero-order valence-corrected chi connectivity index (χ0v) is 11.7. The van der Waals surface area contributed by atoms with E-state index in [-0.39, 0.29) is 6.54 Å². The molecule has 102 valence electrons. The normalized spacial score (nSPS) is 11.8. The Morgan fingerprint density at radius 1 is 1.63 bits per heavy atom. The fourth-order valence-electron chi connectivity index (χ4n) is 1.27. The molecule has 0 saturated heterocycles. The van der Waals surface area contributed by atoms with E-state index in [2.05, 4.69) is 0 Å². The Bertz CT molecular complexity index is 625. The first-order chi connectivity index (χ1) is 8.85. The van der Waals surface area contributed by atoms with E-state index in [1.54, 1.807) is 17.5 Å². The number of thiophene rings is 1. The summed E-state index contributed by atoms with van der Waals surface area (Å²) < 4.78 is 24.2. The van der Waals surface area contributed by atoms with E-state index in [4.69, 9.17) is 10.4 Å². The number of hydrogen-bond acceptors (Lipinski definition) is 5. The van der Waals surface area contributed by atoms with E-state index in [0.29, 0.717) is 0 Å². The molecule has 19 heavy (non-hydrogen) atoms. The summed E-state index contributed by atoms with van der Waals surface area (Å²) in [5.74, 6) is -1.59. The van der Waals surface area contributed by atoms with E-state index in [1.165, 1.54) is 24.5 Å². The van der Waals surface area contributed by atoms with Crippen molar-refractivity contribution >= 4 is 33.4 Å². The summed E-state index contributed by atoms with van der Waals surface area (Å²) in [5.41, 5.74) is 0.749. The Kier molecular flexibility index (Phi) is 5.23. The van der Waals surface area contributed by atoms with Crippen molar-refractivity contribution in [2.45, 2.75) is 6.54 Å². The average Bonchev–Trinajstić information content (AvgIpc) is 2.74. The minimum atomic E-state index is -3.56. The summed E-state index contributed by atoms with van der Waals surface area (Å²) in [4.78, 5) is 11.1. The fourth-order valence-corrected chi connectivity index (χ4v) is 2.79. The van der Waals surface area contributed by atoms with Gasteiger partial charge >= 0.3 is 5.97 Å². The van der Waals surface area contributed by atoms with Gasteiger partial charge in [0.15, 0.2) is 5.75 Å². The van der Waals surface area contributed by atoms with Crippen LogP contribution < -0.4 is 0 Å². The van der Waals surface area contributed by atoms with Crippen molar-refractivity contribution in [1.29, 1.82) is 5.26 Å². The minimum Gasteiger partial charge on any atom is -0.478 e. The molecule has 0 aromatic carbocycles. The molecular formula is C11H12N2O4S2. The lowest BCUT2D eigenvalue weighted by atomic mass is 10.3. The van der Waals surface area contributed by atoms with E-state index in [9.17, 15) is 13.2 Å². The molecule has 0 aliphatic rings. The number of carboxylic acid groups (broad SMARTS) is 1. The number of rotatable bonds is 6. The number of hydrogen-bond donors (Lipinski definition) is 1. The van der Waals surface area contributed by atoms with E-state index < -0.39 is 21.7 Å². The number of nitrogens with zero attached hydrogens (tertiary/aromatic N) is 2. The van der Waals surface area contributed by atoms with Crippen LogP contribution in [-0.4, -0.2) is 36.6 Å². The molecule has 1 aromatic rings. The number of sulfonamides is 1. The largest absolute Gasteiger partial charge is 0.478 e. The van der Waals surface area contributed by atoms with Crippen LogP contribution in [0, 0.1) is 11.3 Å². The van der Waals surface area contributed by atoms with Crippen LogP contribution in [0.4, 0.5) is 0 Å². The molecule has 0 atom stereocenters.